The minimum absolute atomic E-state index is 0.263. The zero-order chi connectivity index (χ0) is 16.8. The monoisotopic (exact) mass is 323 g/mol. The highest BCUT2D eigenvalue weighted by molar-refractivity contribution is 5.77. The molecule has 0 saturated carbocycles. The number of aromatic nitrogens is 1. The van der Waals surface area contributed by atoms with Gasteiger partial charge < -0.3 is 4.90 Å². The summed E-state index contributed by atoms with van der Waals surface area (Å²) in [6.07, 6.45) is 4.93. The zero-order valence-corrected chi connectivity index (χ0v) is 14.3. The van der Waals surface area contributed by atoms with Crippen molar-refractivity contribution in [3.05, 3.63) is 66.0 Å². The molecular weight excluding hydrogens is 298 g/mol. The molecule has 0 radical (unpaired) electrons. The van der Waals surface area contributed by atoms with Crippen molar-refractivity contribution >= 4 is 5.91 Å². The summed E-state index contributed by atoms with van der Waals surface area (Å²) in [6, 6.07) is 14.8. The number of piperazine rings is 1. The molecule has 4 nitrogen and oxygen atoms in total. The zero-order valence-electron chi connectivity index (χ0n) is 14.3. The summed E-state index contributed by atoms with van der Waals surface area (Å²) in [4.78, 5) is 21.0. The fourth-order valence-electron chi connectivity index (χ4n) is 3.33. The van der Waals surface area contributed by atoms with E-state index in [-0.39, 0.29) is 11.9 Å². The van der Waals surface area contributed by atoms with Crippen LogP contribution in [0.15, 0.2) is 54.9 Å². The van der Waals surface area contributed by atoms with Crippen LogP contribution in [0.25, 0.3) is 0 Å². The smallest absolute Gasteiger partial charge is 0.223 e. The van der Waals surface area contributed by atoms with Gasteiger partial charge >= 0.3 is 0 Å². The van der Waals surface area contributed by atoms with Gasteiger partial charge in [-0.05, 0) is 36.6 Å². The molecule has 4 heteroatoms. The van der Waals surface area contributed by atoms with Crippen LogP contribution in [0.4, 0.5) is 0 Å². The fourth-order valence-corrected chi connectivity index (χ4v) is 3.33. The summed E-state index contributed by atoms with van der Waals surface area (Å²) in [5.41, 5.74) is 2.51. The average Bonchev–Trinajstić information content (AvgIpc) is 2.61. The van der Waals surface area contributed by atoms with Gasteiger partial charge in [-0.1, -0.05) is 30.3 Å². The summed E-state index contributed by atoms with van der Waals surface area (Å²) in [5, 5.41) is 0. The Morgan fingerprint density at radius 2 is 1.83 bits per heavy atom. The number of nitrogens with zero attached hydrogens (tertiary/aromatic N) is 3. The maximum atomic E-state index is 12.5. The molecule has 1 aromatic carbocycles. The maximum absolute atomic E-state index is 12.5. The quantitative estimate of drug-likeness (QED) is 0.849. The Morgan fingerprint density at radius 3 is 2.54 bits per heavy atom. The van der Waals surface area contributed by atoms with E-state index in [9.17, 15) is 4.79 Å². The predicted octanol–water partition coefficient (Wildman–Crippen LogP) is 2.75. The van der Waals surface area contributed by atoms with Crippen molar-refractivity contribution in [1.82, 2.24) is 14.8 Å². The second-order valence-corrected chi connectivity index (χ2v) is 6.51. The average molecular weight is 323 g/mol. The Labute approximate surface area is 144 Å². The van der Waals surface area contributed by atoms with Crippen molar-refractivity contribution in [2.75, 3.05) is 19.6 Å². The van der Waals surface area contributed by atoms with E-state index in [1.165, 1.54) is 11.1 Å². The maximum Gasteiger partial charge on any atom is 0.223 e. The third-order valence-electron chi connectivity index (χ3n) is 4.66. The van der Waals surface area contributed by atoms with Crippen LogP contribution >= 0.6 is 0 Å². The molecule has 126 valence electrons. The molecule has 24 heavy (non-hydrogen) atoms. The number of aryl methyl sites for hydroxylation is 1. The van der Waals surface area contributed by atoms with Crippen LogP contribution in [0.1, 0.15) is 24.5 Å². The number of hydrogen-bond acceptors (Lipinski definition) is 3. The molecule has 3 rings (SSSR count). The minimum Gasteiger partial charge on any atom is -0.337 e. The summed E-state index contributed by atoms with van der Waals surface area (Å²) in [7, 11) is 0. The molecule has 1 atom stereocenters. The van der Waals surface area contributed by atoms with Gasteiger partial charge in [0.25, 0.3) is 0 Å². The molecular formula is C20H25N3O. The normalized spacial score (nSPS) is 18.5. The van der Waals surface area contributed by atoms with Gasteiger partial charge in [-0.2, -0.15) is 0 Å². The van der Waals surface area contributed by atoms with E-state index in [0.717, 1.165) is 32.6 Å². The molecule has 1 aromatic heterocycles. The van der Waals surface area contributed by atoms with Crippen molar-refractivity contribution < 1.29 is 4.79 Å². The van der Waals surface area contributed by atoms with Crippen LogP contribution in [-0.4, -0.2) is 46.4 Å². The Kier molecular flexibility index (Phi) is 5.59. The Morgan fingerprint density at radius 1 is 1.08 bits per heavy atom. The predicted molar refractivity (Wildman–Crippen MR) is 95.5 cm³/mol. The first-order valence-electron chi connectivity index (χ1n) is 8.67. The standard InChI is InChI=1S/C20H25N3O/c1-17-15-22(16-19-5-3-2-4-6-19)13-14-23(17)20(24)8-7-18-9-11-21-12-10-18/h2-6,9-12,17H,7-8,13-16H2,1H3/t17-/m0/s1. The van der Waals surface area contributed by atoms with E-state index < -0.39 is 0 Å². The summed E-state index contributed by atoms with van der Waals surface area (Å²) >= 11 is 0. The van der Waals surface area contributed by atoms with Crippen LogP contribution in [0.2, 0.25) is 0 Å². The van der Waals surface area contributed by atoms with Gasteiger partial charge in [-0.15, -0.1) is 0 Å². The third kappa shape index (κ3) is 4.42. The van der Waals surface area contributed by atoms with Crippen molar-refractivity contribution in [3.8, 4) is 0 Å². The number of hydrogen-bond donors (Lipinski definition) is 0. The molecule has 1 saturated heterocycles. The number of carbonyl (C=O) groups is 1. The number of amides is 1. The van der Waals surface area contributed by atoms with Crippen molar-refractivity contribution in [2.45, 2.75) is 32.4 Å². The number of carbonyl (C=O) groups excluding carboxylic acids is 1. The second-order valence-electron chi connectivity index (χ2n) is 6.51. The van der Waals surface area contributed by atoms with Gasteiger partial charge in [-0.25, -0.2) is 0 Å². The molecule has 2 aromatic rings. The van der Waals surface area contributed by atoms with E-state index in [2.05, 4.69) is 41.1 Å². The number of pyridine rings is 1. The molecule has 2 heterocycles. The molecule has 1 aliphatic rings. The van der Waals surface area contributed by atoms with Gasteiger partial charge in [0.2, 0.25) is 5.91 Å². The molecule has 0 bridgehead atoms. The number of benzene rings is 1. The van der Waals surface area contributed by atoms with Gasteiger partial charge in [0.05, 0.1) is 0 Å². The van der Waals surface area contributed by atoms with E-state index >= 15 is 0 Å². The molecule has 0 spiro atoms. The van der Waals surface area contributed by atoms with E-state index in [1.807, 2.05) is 23.1 Å². The SMILES string of the molecule is C[C@H]1CN(Cc2ccccc2)CCN1C(=O)CCc1ccncc1. The topological polar surface area (TPSA) is 36.4 Å². The van der Waals surface area contributed by atoms with E-state index in [0.29, 0.717) is 6.42 Å². The third-order valence-corrected chi connectivity index (χ3v) is 4.66. The van der Waals surface area contributed by atoms with Crippen LogP contribution in [0, 0.1) is 0 Å². The number of rotatable bonds is 5. The van der Waals surface area contributed by atoms with Crippen molar-refractivity contribution in [2.24, 2.45) is 0 Å². The first-order chi connectivity index (χ1) is 11.7. The van der Waals surface area contributed by atoms with Crippen LogP contribution < -0.4 is 0 Å². The first kappa shape index (κ1) is 16.7. The van der Waals surface area contributed by atoms with Crippen LogP contribution in [0.5, 0.6) is 0 Å². The van der Waals surface area contributed by atoms with E-state index in [1.54, 1.807) is 12.4 Å². The molecule has 0 aliphatic carbocycles. The lowest BCUT2D eigenvalue weighted by Gasteiger charge is -2.40. The van der Waals surface area contributed by atoms with Gasteiger partial charge in [0.15, 0.2) is 0 Å². The van der Waals surface area contributed by atoms with Gasteiger partial charge in [0, 0.05) is 51.0 Å². The highest BCUT2D eigenvalue weighted by Gasteiger charge is 2.26. The highest BCUT2D eigenvalue weighted by Crippen LogP contribution is 2.15. The first-order valence-corrected chi connectivity index (χ1v) is 8.67. The molecule has 1 fully saturated rings. The summed E-state index contributed by atoms with van der Waals surface area (Å²) in [5.74, 6) is 0.263. The minimum atomic E-state index is 0.263. The lowest BCUT2D eigenvalue weighted by molar-refractivity contribution is -0.135. The Bertz CT molecular complexity index is 644. The Hall–Kier alpha value is -2.20. The lowest BCUT2D eigenvalue weighted by Crippen LogP contribution is -2.53. The van der Waals surface area contributed by atoms with Gasteiger partial charge in [0.1, 0.15) is 0 Å². The summed E-state index contributed by atoms with van der Waals surface area (Å²) < 4.78 is 0. The molecule has 1 amide bonds. The molecule has 1 aliphatic heterocycles. The molecule has 0 unspecified atom stereocenters. The van der Waals surface area contributed by atoms with Crippen LogP contribution in [0.3, 0.4) is 0 Å². The Balaban J connectivity index is 1.49. The van der Waals surface area contributed by atoms with Gasteiger partial charge in [-0.3, -0.25) is 14.7 Å². The van der Waals surface area contributed by atoms with Crippen LogP contribution in [-0.2, 0) is 17.8 Å². The van der Waals surface area contributed by atoms with Crippen molar-refractivity contribution in [1.29, 1.82) is 0 Å². The fraction of sp³-hybridized carbons (Fsp3) is 0.400. The van der Waals surface area contributed by atoms with Crippen molar-refractivity contribution in [3.63, 3.8) is 0 Å². The summed E-state index contributed by atoms with van der Waals surface area (Å²) in [6.45, 7) is 5.82. The largest absolute Gasteiger partial charge is 0.337 e. The lowest BCUT2D eigenvalue weighted by atomic mass is 10.1. The highest BCUT2D eigenvalue weighted by atomic mass is 16.2. The second kappa shape index (κ2) is 8.06. The molecule has 0 N–H and O–H groups in total. The van der Waals surface area contributed by atoms with E-state index in [4.69, 9.17) is 0 Å².